The van der Waals surface area contributed by atoms with E-state index in [9.17, 15) is 10.1 Å². The first-order valence-electron chi connectivity index (χ1n) is 12.3. The molecule has 2 aromatic rings. The van der Waals surface area contributed by atoms with Gasteiger partial charge in [0.05, 0.1) is 23.7 Å². The molecule has 0 unspecified atom stereocenters. The Hall–Kier alpha value is -3.13. The zero-order valence-corrected chi connectivity index (χ0v) is 20.3. The van der Waals surface area contributed by atoms with Crippen molar-refractivity contribution in [2.75, 3.05) is 38.0 Å². The van der Waals surface area contributed by atoms with Gasteiger partial charge < -0.3 is 9.88 Å². The predicted molar refractivity (Wildman–Crippen MR) is 132 cm³/mol. The van der Waals surface area contributed by atoms with E-state index in [1.807, 2.05) is 31.2 Å². The van der Waals surface area contributed by atoms with Crippen molar-refractivity contribution in [1.29, 1.82) is 10.5 Å². The summed E-state index contributed by atoms with van der Waals surface area (Å²) in [6.45, 7) is 8.69. The molecule has 0 radical (unpaired) electrons. The normalized spacial score (nSPS) is 17.8. The first kappa shape index (κ1) is 24.0. The van der Waals surface area contributed by atoms with Crippen molar-refractivity contribution in [2.45, 2.75) is 58.5 Å². The van der Waals surface area contributed by atoms with Crippen molar-refractivity contribution >= 4 is 11.7 Å². The first-order valence-corrected chi connectivity index (χ1v) is 12.3. The lowest BCUT2D eigenvalue weighted by Crippen LogP contribution is -2.48. The average Bonchev–Trinajstić information content (AvgIpc) is 3.09. The van der Waals surface area contributed by atoms with Crippen LogP contribution in [0.1, 0.15) is 66.1 Å². The van der Waals surface area contributed by atoms with Gasteiger partial charge in [-0.25, -0.2) is 0 Å². The van der Waals surface area contributed by atoms with Gasteiger partial charge in [0.25, 0.3) is 0 Å². The number of benzene rings is 1. The lowest BCUT2D eigenvalue weighted by molar-refractivity contribution is -0.117. The molecule has 2 heterocycles. The van der Waals surface area contributed by atoms with Crippen molar-refractivity contribution < 1.29 is 4.79 Å². The fourth-order valence-electron chi connectivity index (χ4n) is 5.31. The van der Waals surface area contributed by atoms with E-state index >= 15 is 0 Å². The molecular weight excluding hydrogens is 424 g/mol. The van der Waals surface area contributed by atoms with Crippen molar-refractivity contribution in [3.05, 3.63) is 52.2 Å². The highest BCUT2D eigenvalue weighted by Crippen LogP contribution is 2.36. The van der Waals surface area contributed by atoms with Gasteiger partial charge in [0, 0.05) is 44.5 Å². The topological polar surface area (TPSA) is 88.1 Å². The number of anilines is 1. The molecule has 178 valence electrons. The van der Waals surface area contributed by atoms with Crippen molar-refractivity contribution in [3.63, 3.8) is 0 Å². The zero-order chi connectivity index (χ0) is 24.1. The van der Waals surface area contributed by atoms with Gasteiger partial charge in [-0.2, -0.15) is 10.5 Å². The molecule has 0 bridgehead atoms. The number of carbonyl (C=O) groups is 1. The maximum absolute atomic E-state index is 13.0. The summed E-state index contributed by atoms with van der Waals surface area (Å²) in [5.74, 6) is 0.639. The molecule has 1 aromatic heterocycles. The van der Waals surface area contributed by atoms with Crippen LogP contribution in [-0.4, -0.2) is 53.0 Å². The lowest BCUT2D eigenvalue weighted by Gasteiger charge is -2.34. The van der Waals surface area contributed by atoms with Crippen molar-refractivity contribution in [2.24, 2.45) is 0 Å². The van der Waals surface area contributed by atoms with Gasteiger partial charge in [-0.15, -0.1) is 0 Å². The number of hydrogen-bond acceptors (Lipinski definition) is 5. The summed E-state index contributed by atoms with van der Waals surface area (Å²) >= 11 is 0. The standard InChI is InChI=1S/C27H34N6O/c1-20-21(2)33(24-6-4-3-5-7-24)27(25(20)17-29)30-26(34)19-32-14-12-31(13-15-32)18-23-10-8-22(16-28)9-11-23/h8-11,24H,3-7,12-15,18-19H2,1-2H3,(H,30,34). The summed E-state index contributed by atoms with van der Waals surface area (Å²) in [6.07, 6.45) is 5.86. The molecule has 7 heteroatoms. The number of carbonyl (C=O) groups excluding carboxylic acids is 1. The summed E-state index contributed by atoms with van der Waals surface area (Å²) in [5, 5.41) is 21.9. The second-order valence-corrected chi connectivity index (χ2v) is 9.62. The summed E-state index contributed by atoms with van der Waals surface area (Å²) in [4.78, 5) is 17.6. The average molecular weight is 459 g/mol. The monoisotopic (exact) mass is 458 g/mol. The molecule has 1 saturated heterocycles. The molecule has 1 saturated carbocycles. The smallest absolute Gasteiger partial charge is 0.239 e. The van der Waals surface area contributed by atoms with Gasteiger partial charge in [-0.3, -0.25) is 14.6 Å². The van der Waals surface area contributed by atoms with E-state index in [1.54, 1.807) is 0 Å². The Bertz CT molecular complexity index is 1090. The van der Waals surface area contributed by atoms with Crippen molar-refractivity contribution in [1.82, 2.24) is 14.4 Å². The number of nitrogens with zero attached hydrogens (tertiary/aromatic N) is 5. The molecule has 1 amide bonds. The Morgan fingerprint density at radius 2 is 1.62 bits per heavy atom. The highest BCUT2D eigenvalue weighted by molar-refractivity contribution is 5.93. The molecule has 1 aliphatic carbocycles. The fraction of sp³-hybridized carbons (Fsp3) is 0.519. The minimum atomic E-state index is -0.0494. The predicted octanol–water partition coefficient (Wildman–Crippen LogP) is 4.11. The van der Waals surface area contributed by atoms with Gasteiger partial charge >= 0.3 is 0 Å². The SMILES string of the molecule is Cc1c(C#N)c(NC(=O)CN2CCN(Cc3ccc(C#N)cc3)CC2)n(C2CCCCC2)c1C. The van der Waals surface area contributed by atoms with Crippen LogP contribution in [0.5, 0.6) is 0 Å². The van der Waals surface area contributed by atoms with E-state index in [0.717, 1.165) is 56.8 Å². The molecular formula is C27H34N6O. The quantitative estimate of drug-likeness (QED) is 0.704. The molecule has 7 nitrogen and oxygen atoms in total. The zero-order valence-electron chi connectivity index (χ0n) is 20.3. The molecule has 1 N–H and O–H groups in total. The maximum atomic E-state index is 13.0. The second-order valence-electron chi connectivity index (χ2n) is 9.62. The van der Waals surface area contributed by atoms with E-state index in [1.165, 1.54) is 24.8 Å². The highest BCUT2D eigenvalue weighted by Gasteiger charge is 2.27. The van der Waals surface area contributed by atoms with E-state index in [4.69, 9.17) is 5.26 Å². The molecule has 2 fully saturated rings. The van der Waals surface area contributed by atoms with Crippen LogP contribution < -0.4 is 5.32 Å². The number of nitriles is 2. The number of nitrogens with one attached hydrogen (secondary N) is 1. The Kier molecular flexibility index (Phi) is 7.67. The molecule has 34 heavy (non-hydrogen) atoms. The van der Waals surface area contributed by atoms with Crippen LogP contribution >= 0.6 is 0 Å². The van der Waals surface area contributed by atoms with Crippen LogP contribution in [0.25, 0.3) is 0 Å². The Balaban J connectivity index is 1.35. The third kappa shape index (κ3) is 5.33. The van der Waals surface area contributed by atoms with Gasteiger partial charge in [0.15, 0.2) is 0 Å². The van der Waals surface area contributed by atoms with Gasteiger partial charge in [0.2, 0.25) is 5.91 Å². The number of hydrogen-bond donors (Lipinski definition) is 1. The molecule has 0 spiro atoms. The molecule has 1 aliphatic heterocycles. The summed E-state index contributed by atoms with van der Waals surface area (Å²) < 4.78 is 2.22. The molecule has 4 rings (SSSR count). The molecule has 1 aromatic carbocycles. The van der Waals surface area contributed by atoms with Crippen LogP contribution in [0.3, 0.4) is 0 Å². The van der Waals surface area contributed by atoms with Crippen LogP contribution in [0.2, 0.25) is 0 Å². The van der Waals surface area contributed by atoms with E-state index < -0.39 is 0 Å². The highest BCUT2D eigenvalue weighted by atomic mass is 16.2. The second kappa shape index (κ2) is 10.9. The number of amides is 1. The fourth-order valence-corrected chi connectivity index (χ4v) is 5.31. The van der Waals surface area contributed by atoms with E-state index in [2.05, 4.69) is 38.7 Å². The van der Waals surface area contributed by atoms with Crippen LogP contribution in [-0.2, 0) is 11.3 Å². The maximum Gasteiger partial charge on any atom is 0.239 e. The van der Waals surface area contributed by atoms with Crippen molar-refractivity contribution in [3.8, 4) is 12.1 Å². The summed E-state index contributed by atoms with van der Waals surface area (Å²) in [7, 11) is 0. The lowest BCUT2D eigenvalue weighted by atomic mass is 9.95. The number of piperazine rings is 1. The minimum Gasteiger partial charge on any atom is -0.327 e. The third-order valence-corrected chi connectivity index (χ3v) is 7.39. The van der Waals surface area contributed by atoms with Gasteiger partial charge in [-0.05, 0) is 49.9 Å². The number of rotatable bonds is 6. The van der Waals surface area contributed by atoms with Gasteiger partial charge in [0.1, 0.15) is 11.9 Å². The third-order valence-electron chi connectivity index (χ3n) is 7.39. The van der Waals surface area contributed by atoms with Crippen LogP contribution in [0.15, 0.2) is 24.3 Å². The molecule has 2 aliphatic rings. The molecule has 0 atom stereocenters. The minimum absolute atomic E-state index is 0.0494. The largest absolute Gasteiger partial charge is 0.327 e. The summed E-state index contributed by atoms with van der Waals surface area (Å²) in [6, 6.07) is 12.6. The number of aromatic nitrogens is 1. The Morgan fingerprint density at radius 3 is 2.24 bits per heavy atom. The Labute approximate surface area is 202 Å². The van der Waals surface area contributed by atoms with E-state index in [-0.39, 0.29) is 5.91 Å². The first-order chi connectivity index (χ1) is 16.5. The Morgan fingerprint density at radius 1 is 0.971 bits per heavy atom. The summed E-state index contributed by atoms with van der Waals surface area (Å²) in [5.41, 5.74) is 4.54. The van der Waals surface area contributed by atoms with Gasteiger partial charge in [-0.1, -0.05) is 31.4 Å². The van der Waals surface area contributed by atoms with Crippen LogP contribution in [0, 0.1) is 36.5 Å². The van der Waals surface area contributed by atoms with Crippen LogP contribution in [0.4, 0.5) is 5.82 Å². The van der Waals surface area contributed by atoms with E-state index in [0.29, 0.717) is 29.5 Å².